The van der Waals surface area contributed by atoms with Gasteiger partial charge in [0.2, 0.25) is 5.91 Å². The molecule has 8 heteroatoms. The fraction of sp³-hybridized carbons (Fsp3) is 0.429. The Balaban J connectivity index is 1.84. The topological polar surface area (TPSA) is 91.0 Å². The molecule has 0 aliphatic carbocycles. The molecule has 0 saturated carbocycles. The van der Waals surface area contributed by atoms with Crippen LogP contribution in [0.1, 0.15) is 0 Å². The predicted molar refractivity (Wildman–Crippen MR) is 52.2 cm³/mol. The van der Waals surface area contributed by atoms with Crippen LogP contribution < -0.4 is 5.32 Å². The SMILES string of the molecule is O=C(CSc1ncn[nH]1)N1CCNC1=O. The van der Waals surface area contributed by atoms with E-state index in [0.717, 1.165) is 0 Å². The number of hydrogen-bond donors (Lipinski definition) is 2. The number of hydrogen-bond acceptors (Lipinski definition) is 5. The molecule has 1 aliphatic rings. The molecule has 0 atom stereocenters. The molecule has 2 N–H and O–H groups in total. The molecule has 1 fully saturated rings. The summed E-state index contributed by atoms with van der Waals surface area (Å²) in [6.07, 6.45) is 1.37. The van der Waals surface area contributed by atoms with Crippen molar-refractivity contribution in [2.45, 2.75) is 5.16 Å². The van der Waals surface area contributed by atoms with Crippen molar-refractivity contribution in [3.8, 4) is 0 Å². The predicted octanol–water partition coefficient (Wildman–Crippen LogP) is -0.551. The summed E-state index contributed by atoms with van der Waals surface area (Å²) in [6.45, 7) is 0.964. The van der Waals surface area contributed by atoms with Gasteiger partial charge in [0, 0.05) is 13.1 Å². The van der Waals surface area contributed by atoms with Crippen molar-refractivity contribution >= 4 is 23.7 Å². The van der Waals surface area contributed by atoms with Crippen LogP contribution in [-0.4, -0.2) is 50.9 Å². The maximum absolute atomic E-state index is 11.5. The van der Waals surface area contributed by atoms with Gasteiger partial charge in [-0.1, -0.05) is 11.8 Å². The number of H-pyrrole nitrogens is 1. The lowest BCUT2D eigenvalue weighted by Crippen LogP contribution is -2.35. The molecule has 3 amide bonds. The summed E-state index contributed by atoms with van der Waals surface area (Å²) >= 11 is 1.22. The minimum Gasteiger partial charge on any atom is -0.336 e. The summed E-state index contributed by atoms with van der Waals surface area (Å²) in [5, 5.41) is 9.41. The van der Waals surface area contributed by atoms with E-state index in [9.17, 15) is 9.59 Å². The van der Waals surface area contributed by atoms with Crippen LogP contribution >= 0.6 is 11.8 Å². The molecule has 7 nitrogen and oxygen atoms in total. The molecule has 0 unspecified atom stereocenters. The summed E-state index contributed by atoms with van der Waals surface area (Å²) in [4.78, 5) is 27.7. The van der Waals surface area contributed by atoms with Gasteiger partial charge in [0.25, 0.3) is 0 Å². The first kappa shape index (κ1) is 9.97. The van der Waals surface area contributed by atoms with Crippen LogP contribution in [0.5, 0.6) is 0 Å². The van der Waals surface area contributed by atoms with E-state index in [0.29, 0.717) is 18.2 Å². The van der Waals surface area contributed by atoms with Crippen molar-refractivity contribution < 1.29 is 9.59 Å². The second kappa shape index (κ2) is 4.30. The zero-order valence-corrected chi connectivity index (χ0v) is 8.58. The monoisotopic (exact) mass is 227 g/mol. The number of carbonyl (C=O) groups excluding carboxylic acids is 2. The molecular formula is C7H9N5O2S. The molecule has 80 valence electrons. The number of nitrogens with zero attached hydrogens (tertiary/aromatic N) is 3. The van der Waals surface area contributed by atoms with Crippen molar-refractivity contribution in [3.05, 3.63) is 6.33 Å². The lowest BCUT2D eigenvalue weighted by Gasteiger charge is -2.10. The second-order valence-corrected chi connectivity index (χ2v) is 3.82. The Kier molecular flexibility index (Phi) is 2.86. The molecule has 0 aromatic carbocycles. The second-order valence-electron chi connectivity index (χ2n) is 2.86. The molecule has 1 aromatic heterocycles. The van der Waals surface area contributed by atoms with Gasteiger partial charge in [-0.05, 0) is 0 Å². The zero-order chi connectivity index (χ0) is 10.7. The van der Waals surface area contributed by atoms with E-state index < -0.39 is 0 Å². The Labute approximate surface area is 89.6 Å². The van der Waals surface area contributed by atoms with Gasteiger partial charge in [0.1, 0.15) is 6.33 Å². The number of thioether (sulfide) groups is 1. The molecular weight excluding hydrogens is 218 g/mol. The number of urea groups is 1. The molecule has 0 radical (unpaired) electrons. The van der Waals surface area contributed by atoms with Crippen LogP contribution in [0.3, 0.4) is 0 Å². The summed E-state index contributed by atoms with van der Waals surface area (Å²) in [7, 11) is 0. The third-order valence-electron chi connectivity index (χ3n) is 1.88. The lowest BCUT2D eigenvalue weighted by atomic mass is 10.5. The quantitative estimate of drug-likeness (QED) is 0.676. The Morgan fingerprint density at radius 2 is 2.53 bits per heavy atom. The number of rotatable bonds is 3. The number of carbonyl (C=O) groups is 2. The van der Waals surface area contributed by atoms with E-state index in [2.05, 4.69) is 20.5 Å². The van der Waals surface area contributed by atoms with Gasteiger partial charge in [-0.3, -0.25) is 14.8 Å². The number of aromatic amines is 1. The lowest BCUT2D eigenvalue weighted by molar-refractivity contribution is -0.124. The van der Waals surface area contributed by atoms with Crippen molar-refractivity contribution in [1.82, 2.24) is 25.4 Å². The molecule has 1 saturated heterocycles. The van der Waals surface area contributed by atoms with E-state index in [1.807, 2.05) is 0 Å². The average Bonchev–Trinajstić information content (AvgIpc) is 2.84. The van der Waals surface area contributed by atoms with Crippen molar-refractivity contribution in [3.63, 3.8) is 0 Å². The molecule has 1 aromatic rings. The Morgan fingerprint density at radius 1 is 1.67 bits per heavy atom. The first-order valence-electron chi connectivity index (χ1n) is 4.34. The highest BCUT2D eigenvalue weighted by Gasteiger charge is 2.25. The largest absolute Gasteiger partial charge is 0.336 e. The fourth-order valence-corrected chi connectivity index (χ4v) is 1.84. The van der Waals surface area contributed by atoms with Crippen LogP contribution in [0.25, 0.3) is 0 Å². The maximum atomic E-state index is 11.5. The first-order valence-corrected chi connectivity index (χ1v) is 5.32. The van der Waals surface area contributed by atoms with E-state index in [4.69, 9.17) is 0 Å². The highest BCUT2D eigenvalue weighted by Crippen LogP contribution is 2.12. The van der Waals surface area contributed by atoms with Gasteiger partial charge >= 0.3 is 6.03 Å². The summed E-state index contributed by atoms with van der Waals surface area (Å²) in [5.41, 5.74) is 0. The highest BCUT2D eigenvalue weighted by molar-refractivity contribution is 7.99. The van der Waals surface area contributed by atoms with E-state index in [-0.39, 0.29) is 17.7 Å². The third kappa shape index (κ3) is 2.27. The number of imide groups is 1. The van der Waals surface area contributed by atoms with Crippen LogP contribution in [0.4, 0.5) is 4.79 Å². The molecule has 2 heterocycles. The smallest absolute Gasteiger partial charge is 0.324 e. The molecule has 1 aliphatic heterocycles. The summed E-state index contributed by atoms with van der Waals surface area (Å²) < 4.78 is 0. The van der Waals surface area contributed by atoms with Gasteiger partial charge < -0.3 is 5.32 Å². The van der Waals surface area contributed by atoms with Gasteiger partial charge in [-0.15, -0.1) is 0 Å². The molecule has 15 heavy (non-hydrogen) atoms. The Morgan fingerprint density at radius 3 is 3.13 bits per heavy atom. The Bertz CT molecular complexity index is 365. The summed E-state index contributed by atoms with van der Waals surface area (Å²) in [6, 6.07) is -0.321. The van der Waals surface area contributed by atoms with E-state index >= 15 is 0 Å². The molecule has 0 bridgehead atoms. The average molecular weight is 227 g/mol. The third-order valence-corrected chi connectivity index (χ3v) is 2.74. The van der Waals surface area contributed by atoms with E-state index in [1.54, 1.807) is 0 Å². The molecule has 2 rings (SSSR count). The number of nitrogens with one attached hydrogen (secondary N) is 2. The van der Waals surface area contributed by atoms with Crippen LogP contribution in [0.15, 0.2) is 11.5 Å². The normalized spacial score (nSPS) is 15.5. The van der Waals surface area contributed by atoms with E-state index in [1.165, 1.54) is 23.0 Å². The number of amides is 3. The minimum absolute atomic E-state index is 0.183. The first-order chi connectivity index (χ1) is 7.27. The van der Waals surface area contributed by atoms with Crippen LogP contribution in [-0.2, 0) is 4.79 Å². The highest BCUT2D eigenvalue weighted by atomic mass is 32.2. The van der Waals surface area contributed by atoms with Gasteiger partial charge in [0.15, 0.2) is 5.16 Å². The zero-order valence-electron chi connectivity index (χ0n) is 7.77. The molecule has 0 spiro atoms. The van der Waals surface area contributed by atoms with Crippen molar-refractivity contribution in [2.24, 2.45) is 0 Å². The minimum atomic E-state index is -0.321. The van der Waals surface area contributed by atoms with Gasteiger partial charge in [-0.2, -0.15) is 5.10 Å². The standard InChI is InChI=1S/C7H9N5O2S/c13-5(12-2-1-8-7(12)14)3-15-6-9-4-10-11-6/h4H,1-3H2,(H,8,14)(H,9,10,11). The Hall–Kier alpha value is -1.57. The van der Waals surface area contributed by atoms with Gasteiger partial charge in [0.05, 0.1) is 5.75 Å². The van der Waals surface area contributed by atoms with Gasteiger partial charge in [-0.25, -0.2) is 9.78 Å². The van der Waals surface area contributed by atoms with Crippen molar-refractivity contribution in [2.75, 3.05) is 18.8 Å². The maximum Gasteiger partial charge on any atom is 0.324 e. The van der Waals surface area contributed by atoms with Crippen LogP contribution in [0.2, 0.25) is 0 Å². The number of aromatic nitrogens is 3. The van der Waals surface area contributed by atoms with Crippen LogP contribution in [0, 0.1) is 0 Å². The fourth-order valence-electron chi connectivity index (χ4n) is 1.18. The summed E-state index contributed by atoms with van der Waals surface area (Å²) in [5.74, 6) is -0.0331. The van der Waals surface area contributed by atoms with Crippen molar-refractivity contribution in [1.29, 1.82) is 0 Å².